The Bertz CT molecular complexity index is 793. The third-order valence-electron chi connectivity index (χ3n) is 4.88. The fourth-order valence-corrected chi connectivity index (χ4v) is 3.47. The van der Waals surface area contributed by atoms with E-state index in [1.54, 1.807) is 7.11 Å². The normalized spacial score (nSPS) is 18.0. The van der Waals surface area contributed by atoms with E-state index in [1.165, 1.54) is 0 Å². The van der Waals surface area contributed by atoms with Gasteiger partial charge in [0, 0.05) is 17.5 Å². The molecular formula is C22H26ClNO3. The first-order valence-electron chi connectivity index (χ1n) is 9.46. The number of carbonyl (C=O) groups excluding carboxylic acids is 1. The maximum Gasteiger partial charge on any atom is 0.224 e. The molecule has 1 aliphatic carbocycles. The lowest BCUT2D eigenvalue weighted by atomic mass is 10.1. The molecule has 2 unspecified atom stereocenters. The monoisotopic (exact) mass is 387 g/mol. The molecule has 0 aliphatic heterocycles. The molecular weight excluding hydrogens is 362 g/mol. The van der Waals surface area contributed by atoms with Gasteiger partial charge >= 0.3 is 0 Å². The van der Waals surface area contributed by atoms with Crippen molar-refractivity contribution in [2.45, 2.75) is 38.6 Å². The zero-order valence-electron chi connectivity index (χ0n) is 15.8. The first-order valence-corrected chi connectivity index (χ1v) is 9.83. The number of rotatable bonds is 9. The Morgan fingerprint density at radius 3 is 2.78 bits per heavy atom. The average molecular weight is 388 g/mol. The van der Waals surface area contributed by atoms with Crippen molar-refractivity contribution in [3.8, 4) is 11.5 Å². The summed E-state index contributed by atoms with van der Waals surface area (Å²) in [5, 5.41) is 3.76. The number of hydrogen-bond acceptors (Lipinski definition) is 3. The van der Waals surface area contributed by atoms with Gasteiger partial charge in [0.2, 0.25) is 5.91 Å². The smallest absolute Gasteiger partial charge is 0.224 e. The molecule has 4 nitrogen and oxygen atoms in total. The second kappa shape index (κ2) is 9.14. The van der Waals surface area contributed by atoms with Crippen molar-refractivity contribution in [2.24, 2.45) is 5.92 Å². The summed E-state index contributed by atoms with van der Waals surface area (Å²) in [6.07, 6.45) is 2.95. The van der Waals surface area contributed by atoms with E-state index < -0.39 is 0 Å². The van der Waals surface area contributed by atoms with E-state index in [9.17, 15) is 4.79 Å². The van der Waals surface area contributed by atoms with Gasteiger partial charge in [0.25, 0.3) is 0 Å². The molecule has 5 heteroatoms. The standard InChI is InChI=1S/C22H26ClNO3/c1-3-4-11-27-20-10-9-15(12-21(20)26-2)14-24-22(25)18-13-17(18)16-7-5-6-8-19(16)23/h5-10,12,17-18H,3-4,11,13-14H2,1-2H3,(H,24,25). The molecule has 0 bridgehead atoms. The maximum atomic E-state index is 12.5. The topological polar surface area (TPSA) is 47.6 Å². The number of benzene rings is 2. The molecule has 144 valence electrons. The highest BCUT2D eigenvalue weighted by atomic mass is 35.5. The number of methoxy groups -OCH3 is 1. The Balaban J connectivity index is 1.54. The number of halogens is 1. The van der Waals surface area contributed by atoms with E-state index in [-0.39, 0.29) is 17.7 Å². The summed E-state index contributed by atoms with van der Waals surface area (Å²) < 4.78 is 11.2. The van der Waals surface area contributed by atoms with Gasteiger partial charge in [0.15, 0.2) is 11.5 Å². The minimum atomic E-state index is 0.00319. The van der Waals surface area contributed by atoms with Gasteiger partial charge in [-0.25, -0.2) is 0 Å². The third-order valence-corrected chi connectivity index (χ3v) is 5.23. The molecule has 0 heterocycles. The van der Waals surface area contributed by atoms with Crippen molar-refractivity contribution < 1.29 is 14.3 Å². The highest BCUT2D eigenvalue weighted by Crippen LogP contribution is 2.49. The Morgan fingerprint density at radius 2 is 2.04 bits per heavy atom. The fourth-order valence-electron chi connectivity index (χ4n) is 3.19. The molecule has 2 aromatic rings. The van der Waals surface area contributed by atoms with Gasteiger partial charge < -0.3 is 14.8 Å². The summed E-state index contributed by atoms with van der Waals surface area (Å²) in [7, 11) is 1.63. The van der Waals surface area contributed by atoms with Crippen LogP contribution in [0, 0.1) is 5.92 Å². The van der Waals surface area contributed by atoms with Crippen molar-refractivity contribution >= 4 is 17.5 Å². The van der Waals surface area contributed by atoms with Gasteiger partial charge in [-0.2, -0.15) is 0 Å². The molecule has 3 rings (SSSR count). The van der Waals surface area contributed by atoms with Crippen LogP contribution in [0.1, 0.15) is 43.2 Å². The minimum absolute atomic E-state index is 0.00319. The van der Waals surface area contributed by atoms with Crippen LogP contribution in [-0.4, -0.2) is 19.6 Å². The molecule has 1 saturated carbocycles. The van der Waals surface area contributed by atoms with Crippen molar-refractivity contribution in [3.05, 3.63) is 58.6 Å². The molecule has 2 aromatic carbocycles. The number of amides is 1. The van der Waals surface area contributed by atoms with Crippen LogP contribution in [0.2, 0.25) is 5.02 Å². The van der Waals surface area contributed by atoms with Gasteiger partial charge in [-0.05, 0) is 48.1 Å². The van der Waals surface area contributed by atoms with Crippen LogP contribution in [0.5, 0.6) is 11.5 Å². The molecule has 0 spiro atoms. The third kappa shape index (κ3) is 4.95. The van der Waals surface area contributed by atoms with E-state index in [4.69, 9.17) is 21.1 Å². The average Bonchev–Trinajstić information content (AvgIpc) is 3.48. The van der Waals surface area contributed by atoms with Crippen molar-refractivity contribution in [3.63, 3.8) is 0 Å². The Labute approximate surface area is 165 Å². The van der Waals surface area contributed by atoms with Crippen LogP contribution in [-0.2, 0) is 11.3 Å². The van der Waals surface area contributed by atoms with E-state index in [0.29, 0.717) is 18.9 Å². The maximum absolute atomic E-state index is 12.5. The van der Waals surface area contributed by atoms with Crippen molar-refractivity contribution in [2.75, 3.05) is 13.7 Å². The predicted molar refractivity (Wildman–Crippen MR) is 108 cm³/mol. The molecule has 0 saturated heterocycles. The lowest BCUT2D eigenvalue weighted by Gasteiger charge is -2.12. The zero-order chi connectivity index (χ0) is 19.2. The minimum Gasteiger partial charge on any atom is -0.493 e. The fraction of sp³-hybridized carbons (Fsp3) is 0.409. The largest absolute Gasteiger partial charge is 0.493 e. The van der Waals surface area contributed by atoms with Crippen LogP contribution in [0.25, 0.3) is 0 Å². The van der Waals surface area contributed by atoms with Gasteiger partial charge in [-0.3, -0.25) is 4.79 Å². The summed E-state index contributed by atoms with van der Waals surface area (Å²) >= 11 is 6.24. The van der Waals surface area contributed by atoms with Gasteiger partial charge in [0.1, 0.15) is 0 Å². The number of ether oxygens (including phenoxy) is 2. The Kier molecular flexibility index (Phi) is 6.62. The molecule has 27 heavy (non-hydrogen) atoms. The molecule has 1 N–H and O–H groups in total. The van der Waals surface area contributed by atoms with Crippen LogP contribution < -0.4 is 14.8 Å². The Morgan fingerprint density at radius 1 is 1.22 bits per heavy atom. The highest BCUT2D eigenvalue weighted by Gasteiger charge is 2.44. The van der Waals surface area contributed by atoms with Crippen LogP contribution in [0.15, 0.2) is 42.5 Å². The van der Waals surface area contributed by atoms with Crippen LogP contribution in [0.3, 0.4) is 0 Å². The molecule has 2 atom stereocenters. The van der Waals surface area contributed by atoms with Gasteiger partial charge in [-0.1, -0.05) is 49.2 Å². The van der Waals surface area contributed by atoms with E-state index in [1.807, 2.05) is 42.5 Å². The highest BCUT2D eigenvalue weighted by molar-refractivity contribution is 6.31. The molecule has 0 radical (unpaired) electrons. The summed E-state index contributed by atoms with van der Waals surface area (Å²) in [4.78, 5) is 12.5. The van der Waals surface area contributed by atoms with Gasteiger partial charge in [-0.15, -0.1) is 0 Å². The summed E-state index contributed by atoms with van der Waals surface area (Å²) in [5.74, 6) is 1.73. The van der Waals surface area contributed by atoms with Gasteiger partial charge in [0.05, 0.1) is 13.7 Å². The number of nitrogens with one attached hydrogen (secondary N) is 1. The SMILES string of the molecule is CCCCOc1ccc(CNC(=O)C2CC2c2ccccc2Cl)cc1OC. The lowest BCUT2D eigenvalue weighted by Crippen LogP contribution is -2.24. The van der Waals surface area contributed by atoms with Crippen LogP contribution >= 0.6 is 11.6 Å². The summed E-state index contributed by atoms with van der Waals surface area (Å²) in [5.41, 5.74) is 2.05. The summed E-state index contributed by atoms with van der Waals surface area (Å²) in [6.45, 7) is 3.27. The van der Waals surface area contributed by atoms with Crippen molar-refractivity contribution in [1.29, 1.82) is 0 Å². The lowest BCUT2D eigenvalue weighted by molar-refractivity contribution is -0.122. The first-order chi connectivity index (χ1) is 13.1. The molecule has 1 amide bonds. The zero-order valence-corrected chi connectivity index (χ0v) is 16.6. The molecule has 1 aliphatic rings. The Hall–Kier alpha value is -2.20. The van der Waals surface area contributed by atoms with E-state index >= 15 is 0 Å². The van der Waals surface area contributed by atoms with E-state index in [2.05, 4.69) is 12.2 Å². The first kappa shape index (κ1) is 19.6. The summed E-state index contributed by atoms with van der Waals surface area (Å²) in [6, 6.07) is 13.5. The number of unbranched alkanes of at least 4 members (excludes halogenated alkanes) is 1. The number of carbonyl (C=O) groups is 1. The quantitative estimate of drug-likeness (QED) is 0.619. The van der Waals surface area contributed by atoms with Crippen molar-refractivity contribution in [1.82, 2.24) is 5.32 Å². The number of hydrogen-bond donors (Lipinski definition) is 1. The second-order valence-electron chi connectivity index (χ2n) is 6.88. The second-order valence-corrected chi connectivity index (χ2v) is 7.28. The molecule has 1 fully saturated rings. The van der Waals surface area contributed by atoms with E-state index in [0.717, 1.165) is 41.2 Å². The van der Waals surface area contributed by atoms with Crippen LogP contribution in [0.4, 0.5) is 0 Å². The molecule has 0 aromatic heterocycles. The predicted octanol–water partition coefficient (Wildman–Crippen LogP) is 4.95.